The van der Waals surface area contributed by atoms with E-state index >= 15 is 0 Å². The van der Waals surface area contributed by atoms with Crippen molar-refractivity contribution in [3.63, 3.8) is 0 Å². The van der Waals surface area contributed by atoms with Gasteiger partial charge in [0.25, 0.3) is 5.91 Å². The van der Waals surface area contributed by atoms with E-state index in [1.807, 2.05) is 0 Å². The fraction of sp³-hybridized carbons (Fsp3) is 0.200. The molecule has 0 radical (unpaired) electrons. The normalized spacial score (nSPS) is 11.3. The molecule has 2 N–H and O–H groups in total. The minimum atomic E-state index is -3.68. The molecular weight excluding hydrogens is 445 g/mol. The standard InChI is InChI=1S/C20H20FN3O5S2/c1-28-10-9-22-31(26,27)15-6-3-13(4-7-15)19(25)24-20-23-17(12-30-20)14-5-8-18(29-2)16(21)11-14/h3-8,11-12,22H,9-10H2,1-2H3,(H,23,24,25). The Labute approximate surface area is 183 Å². The average Bonchev–Trinajstić information content (AvgIpc) is 3.22. The predicted molar refractivity (Wildman–Crippen MR) is 116 cm³/mol. The van der Waals surface area contributed by atoms with E-state index in [-0.39, 0.29) is 29.4 Å². The van der Waals surface area contributed by atoms with Gasteiger partial charge in [-0.05, 0) is 42.5 Å². The minimum absolute atomic E-state index is 0.0400. The van der Waals surface area contributed by atoms with Gasteiger partial charge in [-0.1, -0.05) is 0 Å². The Morgan fingerprint density at radius 2 is 1.90 bits per heavy atom. The molecule has 0 unspecified atom stereocenters. The summed E-state index contributed by atoms with van der Waals surface area (Å²) in [5.41, 5.74) is 1.32. The van der Waals surface area contributed by atoms with E-state index in [9.17, 15) is 17.6 Å². The molecule has 0 aliphatic heterocycles. The molecule has 0 aliphatic carbocycles. The molecule has 1 aromatic heterocycles. The quantitative estimate of drug-likeness (QED) is 0.470. The first-order chi connectivity index (χ1) is 14.8. The number of nitrogens with one attached hydrogen (secondary N) is 2. The second-order valence-corrected chi connectivity index (χ2v) is 8.88. The van der Waals surface area contributed by atoms with Crippen LogP contribution in [0.25, 0.3) is 11.3 Å². The number of thiazole rings is 1. The molecule has 0 saturated carbocycles. The topological polar surface area (TPSA) is 107 Å². The number of carbonyl (C=O) groups excluding carboxylic acids is 1. The van der Waals surface area contributed by atoms with E-state index in [2.05, 4.69) is 15.0 Å². The number of methoxy groups -OCH3 is 2. The number of nitrogens with zero attached hydrogens (tertiary/aromatic N) is 1. The summed E-state index contributed by atoms with van der Waals surface area (Å²) in [6.07, 6.45) is 0. The number of amides is 1. The van der Waals surface area contributed by atoms with E-state index in [4.69, 9.17) is 9.47 Å². The third kappa shape index (κ3) is 5.64. The van der Waals surface area contributed by atoms with E-state index in [1.165, 1.54) is 62.0 Å². The van der Waals surface area contributed by atoms with Crippen LogP contribution in [0.3, 0.4) is 0 Å². The number of carbonyl (C=O) groups is 1. The number of rotatable bonds is 9. The van der Waals surface area contributed by atoms with E-state index in [0.717, 1.165) is 0 Å². The van der Waals surface area contributed by atoms with Gasteiger partial charge < -0.3 is 9.47 Å². The highest BCUT2D eigenvalue weighted by Gasteiger charge is 2.16. The van der Waals surface area contributed by atoms with Gasteiger partial charge in [0.2, 0.25) is 10.0 Å². The number of ether oxygens (including phenoxy) is 2. The number of aromatic nitrogens is 1. The van der Waals surface area contributed by atoms with Crippen molar-refractivity contribution in [1.29, 1.82) is 0 Å². The van der Waals surface area contributed by atoms with Crippen LogP contribution in [0.4, 0.5) is 9.52 Å². The maximum atomic E-state index is 13.9. The summed E-state index contributed by atoms with van der Waals surface area (Å²) in [4.78, 5) is 16.8. The zero-order valence-corrected chi connectivity index (χ0v) is 18.3. The monoisotopic (exact) mass is 465 g/mol. The second-order valence-electron chi connectivity index (χ2n) is 6.26. The molecule has 0 atom stereocenters. The van der Waals surface area contributed by atoms with Crippen LogP contribution in [0.5, 0.6) is 5.75 Å². The Balaban J connectivity index is 1.68. The Morgan fingerprint density at radius 3 is 2.55 bits per heavy atom. The van der Waals surface area contributed by atoms with E-state index in [1.54, 1.807) is 11.4 Å². The smallest absolute Gasteiger partial charge is 0.257 e. The van der Waals surface area contributed by atoms with Crippen LogP contribution in [-0.2, 0) is 14.8 Å². The van der Waals surface area contributed by atoms with Gasteiger partial charge in [-0.2, -0.15) is 0 Å². The highest BCUT2D eigenvalue weighted by molar-refractivity contribution is 7.89. The molecule has 2 aromatic carbocycles. The summed E-state index contributed by atoms with van der Waals surface area (Å²) in [6.45, 7) is 0.393. The first-order valence-electron chi connectivity index (χ1n) is 9.03. The molecule has 0 bridgehead atoms. The summed E-state index contributed by atoms with van der Waals surface area (Å²) < 4.78 is 50.4. The zero-order valence-electron chi connectivity index (χ0n) is 16.7. The molecule has 3 rings (SSSR count). The molecule has 164 valence electrons. The lowest BCUT2D eigenvalue weighted by Gasteiger charge is -2.07. The van der Waals surface area contributed by atoms with Crippen LogP contribution < -0.4 is 14.8 Å². The minimum Gasteiger partial charge on any atom is -0.494 e. The molecule has 1 amide bonds. The molecule has 0 spiro atoms. The number of hydrogen-bond acceptors (Lipinski definition) is 7. The number of halogens is 1. The van der Waals surface area contributed by atoms with Crippen LogP contribution in [0, 0.1) is 5.82 Å². The fourth-order valence-corrected chi connectivity index (χ4v) is 4.33. The highest BCUT2D eigenvalue weighted by Crippen LogP contribution is 2.28. The molecule has 3 aromatic rings. The fourth-order valence-electron chi connectivity index (χ4n) is 2.61. The van der Waals surface area contributed by atoms with Crippen molar-refractivity contribution in [3.05, 3.63) is 59.2 Å². The summed E-state index contributed by atoms with van der Waals surface area (Å²) >= 11 is 1.19. The Bertz CT molecular complexity index is 1160. The van der Waals surface area contributed by atoms with Gasteiger partial charge in [0.15, 0.2) is 16.7 Å². The largest absolute Gasteiger partial charge is 0.494 e. The van der Waals surface area contributed by atoms with Gasteiger partial charge in [-0.25, -0.2) is 22.5 Å². The third-order valence-corrected chi connectivity index (χ3v) is 6.43. The van der Waals surface area contributed by atoms with Crippen molar-refractivity contribution in [1.82, 2.24) is 9.71 Å². The van der Waals surface area contributed by atoms with Crippen molar-refractivity contribution in [3.8, 4) is 17.0 Å². The van der Waals surface area contributed by atoms with Crippen LogP contribution in [0.1, 0.15) is 10.4 Å². The predicted octanol–water partition coefficient (Wildman–Crippen LogP) is 3.13. The van der Waals surface area contributed by atoms with E-state index in [0.29, 0.717) is 16.4 Å². The lowest BCUT2D eigenvalue weighted by Crippen LogP contribution is -2.27. The van der Waals surface area contributed by atoms with Gasteiger partial charge in [0.1, 0.15) is 0 Å². The van der Waals surface area contributed by atoms with Crippen molar-refractivity contribution in [2.45, 2.75) is 4.90 Å². The lowest BCUT2D eigenvalue weighted by molar-refractivity contribution is 0.102. The SMILES string of the molecule is COCCNS(=O)(=O)c1ccc(C(=O)Nc2nc(-c3ccc(OC)c(F)c3)cs2)cc1. The number of benzene rings is 2. The summed E-state index contributed by atoms with van der Waals surface area (Å²) in [6, 6.07) is 9.99. The first-order valence-corrected chi connectivity index (χ1v) is 11.4. The van der Waals surface area contributed by atoms with Crippen LogP contribution in [0.15, 0.2) is 52.7 Å². The van der Waals surface area contributed by atoms with Gasteiger partial charge in [-0.15, -0.1) is 11.3 Å². The highest BCUT2D eigenvalue weighted by atomic mass is 32.2. The zero-order chi connectivity index (χ0) is 22.4. The van der Waals surface area contributed by atoms with Gasteiger partial charge in [0, 0.05) is 30.2 Å². The second kappa shape index (κ2) is 9.96. The van der Waals surface area contributed by atoms with Gasteiger partial charge in [0.05, 0.1) is 24.3 Å². The summed E-state index contributed by atoms with van der Waals surface area (Å²) in [5.74, 6) is -0.824. The van der Waals surface area contributed by atoms with Crippen molar-refractivity contribution < 1.29 is 27.1 Å². The van der Waals surface area contributed by atoms with Crippen LogP contribution in [0.2, 0.25) is 0 Å². The van der Waals surface area contributed by atoms with Crippen molar-refractivity contribution in [2.24, 2.45) is 0 Å². The number of sulfonamides is 1. The summed E-state index contributed by atoms with van der Waals surface area (Å²) in [5, 5.41) is 4.67. The molecule has 11 heteroatoms. The molecule has 0 saturated heterocycles. The molecular formula is C20H20FN3O5S2. The summed E-state index contributed by atoms with van der Waals surface area (Å²) in [7, 11) is -0.823. The van der Waals surface area contributed by atoms with Crippen LogP contribution in [-0.4, -0.2) is 46.7 Å². The molecule has 8 nitrogen and oxygen atoms in total. The van der Waals surface area contributed by atoms with E-state index < -0.39 is 21.7 Å². The van der Waals surface area contributed by atoms with Crippen LogP contribution >= 0.6 is 11.3 Å². The maximum absolute atomic E-state index is 13.9. The molecule has 0 fully saturated rings. The maximum Gasteiger partial charge on any atom is 0.257 e. The van der Waals surface area contributed by atoms with Crippen molar-refractivity contribution in [2.75, 3.05) is 32.7 Å². The third-order valence-electron chi connectivity index (χ3n) is 4.20. The Morgan fingerprint density at radius 1 is 1.16 bits per heavy atom. The first kappa shape index (κ1) is 22.8. The molecule has 31 heavy (non-hydrogen) atoms. The van der Waals surface area contributed by atoms with Crippen molar-refractivity contribution >= 4 is 32.4 Å². The number of hydrogen-bond donors (Lipinski definition) is 2. The molecule has 0 aliphatic rings. The average molecular weight is 466 g/mol. The lowest BCUT2D eigenvalue weighted by atomic mass is 10.1. The Hall–Kier alpha value is -2.86. The number of anilines is 1. The Kier molecular flexibility index (Phi) is 7.33. The molecule has 1 heterocycles. The van der Waals surface area contributed by atoms with Gasteiger partial charge >= 0.3 is 0 Å². The van der Waals surface area contributed by atoms with Gasteiger partial charge in [-0.3, -0.25) is 10.1 Å².